The van der Waals surface area contributed by atoms with E-state index in [1.54, 1.807) is 63.5 Å². The third-order valence-electron chi connectivity index (χ3n) is 17.2. The predicted molar refractivity (Wildman–Crippen MR) is 547 cm³/mol. The van der Waals surface area contributed by atoms with Crippen LogP contribution in [0.3, 0.4) is 0 Å². The Morgan fingerprint density at radius 3 is 1.05 bits per heavy atom. The number of rotatable bonds is 20. The lowest BCUT2D eigenvalue weighted by Crippen LogP contribution is -2.35. The SMILES string of the molecule is Brc1ccc(-c2ccc(CN3CCOCC3)nn2)cc1.C1COCCN1.CC(=O)C(CC(=O)c1ccc(Br)cc1)C(C)=O.CC(=O)CC(C)=O.CC(=O)CCC(=O)c1ccc(Br)cc1.CC1=NN=C(c2ccc(Br)cc2)CC1.Cc1ccc(-c2ccc(Br)cc2)nn1.Cl.Cl.Cl.ClCc1ccc(-c2ccc(Br)cc2)nn1.O=C(CBr)c1ccc(Br)cc1.O=c1[nH]c(=O)[nH]c(=O)[nH]1. The number of hydrogen-bond acceptors (Lipinski definition) is 23. The van der Waals surface area contributed by atoms with Crippen LogP contribution in [0, 0.1) is 12.8 Å². The number of Topliss-reactive ketones (excluding diaryl/α,β-unsaturated/α-hetero) is 8. The number of carbonyl (C=O) groups is 8. The van der Waals surface area contributed by atoms with Crippen molar-refractivity contribution in [3.05, 3.63) is 308 Å². The number of aryl methyl sites for hydroxylation is 1. The Balaban J connectivity index is 0.000000495. The number of morpholine rings is 2. The van der Waals surface area contributed by atoms with E-state index in [1.807, 2.05) is 153 Å². The quantitative estimate of drug-likeness (QED) is 0.0313. The topological polar surface area (TPSA) is 371 Å². The molecule has 0 spiro atoms. The van der Waals surface area contributed by atoms with Gasteiger partial charge < -0.3 is 19.6 Å². The molecule has 0 radical (unpaired) electrons. The maximum Gasteiger partial charge on any atom is 0.330 e. The molecule has 0 unspecified atom stereocenters. The molecule has 26 nitrogen and oxygen atoms in total. The lowest BCUT2D eigenvalue weighted by atomic mass is 9.92. The summed E-state index contributed by atoms with van der Waals surface area (Å²) >= 11 is 32.2. The summed E-state index contributed by atoms with van der Waals surface area (Å²) in [5.74, 6) is -1.07. The van der Waals surface area contributed by atoms with Crippen molar-refractivity contribution in [3.63, 3.8) is 0 Å². The number of alkyl halides is 2. The summed E-state index contributed by atoms with van der Waals surface area (Å²) in [6.45, 7) is 19.2. The third-order valence-corrected chi connectivity index (χ3v) is 21.7. The molecule has 2 fully saturated rings. The van der Waals surface area contributed by atoms with E-state index in [9.17, 15) is 52.7 Å². The summed E-state index contributed by atoms with van der Waals surface area (Å²) in [5.41, 5.74) is 11.5. The van der Waals surface area contributed by atoms with E-state index in [-0.39, 0.29) is 96.3 Å². The van der Waals surface area contributed by atoms with Crippen LogP contribution in [-0.2, 0) is 45.9 Å². The second-order valence-electron chi connectivity index (χ2n) is 27.7. The van der Waals surface area contributed by atoms with Crippen LogP contribution in [0.1, 0.15) is 134 Å². The Morgan fingerprint density at radius 2 is 0.754 bits per heavy atom. The molecule has 14 rings (SSSR count). The van der Waals surface area contributed by atoms with Crippen molar-refractivity contribution in [2.45, 2.75) is 99.4 Å². The molecule has 130 heavy (non-hydrogen) atoms. The molecule has 0 aliphatic carbocycles. The first-order valence-corrected chi connectivity index (χ1v) is 46.5. The van der Waals surface area contributed by atoms with Crippen LogP contribution >= 0.6 is 176 Å². The van der Waals surface area contributed by atoms with Gasteiger partial charge in [-0.1, -0.05) is 212 Å². The smallest absolute Gasteiger partial charge is 0.330 e. The standard InChI is InChI=1S/C15H16BrN3O.C13H13BrO3.C11H8BrClN2.C11H11BrN2.C11H9BrN2.C11H11BrO2.C8H6Br2O.C5H8O2.C4H9NO.C3H3N3O3.3ClH/c16-13-3-1-12(2-4-13)15-6-5-14(17-18-15)11-19-7-9-20-10-8-19;1-8(15)12(9(2)16)7-13(17)10-3-5-11(14)6-4-10;12-9-3-1-8(2-4-9)11-6-5-10(7-13)14-15-11;2*1-8-2-7-11(14-13-8)9-3-5-10(12)6-4-9;1-8(13)2-7-11(14)9-3-5-10(12)6-4-9;9-5-8(11)6-1-3-7(10)4-2-6;1-4(6)3-5(2)7;1-3-6-4-2-5-1;7-1-4-2(8)6-3(9)5-1;;;/h1-6H,7-11H2;3-6,12H,7H2,1-2H3;1-6H,7H2;3-6H,2,7H2,1H3;2-7H,1H3;3-6H,2,7H2,1H3;1-4H,5H2;3H2,1-2H3;5H,1-4H2;(H3,4,5,6,7,8,9);3*1H. The minimum atomic E-state index is -0.814. The number of nitrogens with one attached hydrogen (secondary N) is 4. The molecule has 38 heteroatoms. The van der Waals surface area contributed by atoms with E-state index in [0.717, 1.165) is 171 Å². The Labute approximate surface area is 844 Å². The minimum Gasteiger partial charge on any atom is -0.379 e. The lowest BCUT2D eigenvalue weighted by molar-refractivity contribution is -0.130. The highest BCUT2D eigenvalue weighted by molar-refractivity contribution is 9.11. The van der Waals surface area contributed by atoms with Crippen LogP contribution in [0.5, 0.6) is 0 Å². The number of aromatic nitrogens is 9. The average Bonchev–Trinajstić information content (AvgIpc) is 0.902. The van der Waals surface area contributed by atoms with Crippen molar-refractivity contribution in [2.24, 2.45) is 16.1 Å². The van der Waals surface area contributed by atoms with Gasteiger partial charge in [0.05, 0.1) is 89.9 Å². The molecule has 7 heterocycles. The van der Waals surface area contributed by atoms with Crippen molar-refractivity contribution in [1.29, 1.82) is 0 Å². The van der Waals surface area contributed by atoms with Crippen LogP contribution in [0.2, 0.25) is 0 Å². The molecule has 692 valence electrons. The number of ether oxygens (including phenoxy) is 2. The van der Waals surface area contributed by atoms with Gasteiger partial charge in [-0.3, -0.25) is 53.4 Å². The zero-order valence-corrected chi connectivity index (χ0v) is 87.6. The van der Waals surface area contributed by atoms with Gasteiger partial charge in [0.15, 0.2) is 17.3 Å². The number of halogens is 12. The first-order valence-electron chi connectivity index (χ1n) is 39.3. The largest absolute Gasteiger partial charge is 0.379 e. The number of H-pyrrole nitrogens is 3. The molecular formula is C92H97Br8Cl4N13O13. The van der Waals surface area contributed by atoms with E-state index in [1.165, 1.54) is 40.2 Å². The number of aromatic amines is 3. The van der Waals surface area contributed by atoms with Gasteiger partial charge in [-0.05, 0) is 188 Å². The molecule has 3 aliphatic rings. The summed E-state index contributed by atoms with van der Waals surface area (Å²) in [7, 11) is 0. The van der Waals surface area contributed by atoms with Crippen LogP contribution < -0.4 is 22.4 Å². The molecule has 11 aromatic rings. The summed E-state index contributed by atoms with van der Waals surface area (Å²) < 4.78 is 17.4. The van der Waals surface area contributed by atoms with Gasteiger partial charge in [-0.25, -0.2) is 14.4 Å². The molecule has 4 aromatic heterocycles. The molecule has 0 atom stereocenters. The third kappa shape index (κ3) is 49.5. The first-order chi connectivity index (χ1) is 60.7. The number of nitrogens with zero attached hydrogens (tertiary/aromatic N) is 9. The Bertz CT molecular complexity index is 5400. The highest BCUT2D eigenvalue weighted by Crippen LogP contribution is 2.25. The molecule has 2 saturated heterocycles. The lowest BCUT2D eigenvalue weighted by Gasteiger charge is -2.25. The molecule has 0 bridgehead atoms. The maximum absolute atomic E-state index is 11.9. The summed E-state index contributed by atoms with van der Waals surface area (Å²) in [5, 5.41) is 36.7. The second-order valence-corrected chi connectivity index (χ2v) is 35.0. The van der Waals surface area contributed by atoms with Gasteiger partial charge in [0.2, 0.25) is 0 Å². The number of ketones is 8. The van der Waals surface area contributed by atoms with Crippen molar-refractivity contribution in [2.75, 3.05) is 57.9 Å². The molecule has 0 saturated carbocycles. The molecule has 4 N–H and O–H groups in total. The van der Waals surface area contributed by atoms with E-state index in [4.69, 9.17) is 21.1 Å². The van der Waals surface area contributed by atoms with Gasteiger partial charge in [0, 0.05) is 122 Å². The summed E-state index contributed by atoms with van der Waals surface area (Å²) in [4.78, 5) is 126. The number of benzene rings is 7. The van der Waals surface area contributed by atoms with E-state index in [0.29, 0.717) is 35.2 Å². The van der Waals surface area contributed by atoms with Crippen molar-refractivity contribution < 1.29 is 47.8 Å². The van der Waals surface area contributed by atoms with Gasteiger partial charge in [-0.2, -0.15) is 40.8 Å². The second kappa shape index (κ2) is 66.2. The van der Waals surface area contributed by atoms with Gasteiger partial charge >= 0.3 is 17.1 Å². The minimum absolute atomic E-state index is 0. The summed E-state index contributed by atoms with van der Waals surface area (Å²) in [6, 6.07) is 65.4. The predicted octanol–water partition coefficient (Wildman–Crippen LogP) is 21.0. The summed E-state index contributed by atoms with van der Waals surface area (Å²) in [6.07, 6.45) is 2.68. The molecular weight excluding hydrogens is 2280 g/mol. The average molecular weight is 2370 g/mol. The van der Waals surface area contributed by atoms with Gasteiger partial charge in [0.1, 0.15) is 28.9 Å². The van der Waals surface area contributed by atoms with Crippen LogP contribution in [0.25, 0.3) is 33.8 Å². The highest BCUT2D eigenvalue weighted by Gasteiger charge is 2.24. The van der Waals surface area contributed by atoms with Gasteiger partial charge in [-0.15, -0.1) is 48.8 Å². The number of carbonyl (C=O) groups excluding carboxylic acids is 8. The fraction of sp³-hybridized carbons (Fsp3) is 0.272. The zero-order valence-electron chi connectivity index (χ0n) is 71.7. The first kappa shape index (κ1) is 118. The van der Waals surface area contributed by atoms with Crippen molar-refractivity contribution in [1.82, 2.24) is 55.8 Å². The van der Waals surface area contributed by atoms with Crippen molar-refractivity contribution in [3.8, 4) is 33.8 Å². The van der Waals surface area contributed by atoms with Crippen LogP contribution in [-0.4, -0.2) is 166 Å². The molecule has 3 aliphatic heterocycles. The normalized spacial score (nSPS) is 11.9. The molecule has 0 amide bonds. The van der Waals surface area contributed by atoms with E-state index in [2.05, 4.69) is 197 Å². The fourth-order valence-electron chi connectivity index (χ4n) is 10.5. The molecule has 7 aromatic carbocycles. The Hall–Kier alpha value is -8.27. The van der Waals surface area contributed by atoms with Gasteiger partial charge in [0.25, 0.3) is 0 Å². The Morgan fingerprint density at radius 1 is 0.400 bits per heavy atom. The highest BCUT2D eigenvalue weighted by atomic mass is 79.9. The monoisotopic (exact) mass is 2360 g/mol. The van der Waals surface area contributed by atoms with E-state index < -0.39 is 23.0 Å². The van der Waals surface area contributed by atoms with E-state index >= 15 is 0 Å². The number of hydrogen-bond donors (Lipinski definition) is 4. The fourth-order valence-corrected chi connectivity index (χ4v) is 12.9. The maximum atomic E-state index is 11.9. The zero-order chi connectivity index (χ0) is 93.2. The van der Waals surface area contributed by atoms with Crippen molar-refractivity contribution >= 4 is 234 Å². The van der Waals surface area contributed by atoms with Crippen LogP contribution in [0.15, 0.2) is 262 Å². The van der Waals surface area contributed by atoms with Crippen LogP contribution in [0.4, 0.5) is 0 Å². The Kier molecular flexibility index (Phi) is 60.0.